The standard InChI is InChI=1S/C22H15ClFNO6S2.C15H12FNOS.C8H7BO2S.C7H2BrF4NO3.C7H4BrF4NO.C7H3BrF4O.C7H4Cl2O5S.C3H7N/c1-31-17-10-15(24)13(19-7-11-4-2-3-5-18(11)32-19)9-16(17)25-33(29,30)20-8-12(22(27)28)6-14(23)21(20)26;1-18-13-8-11(16)10(7-12(13)17)15-6-9-4-2-3-5-14(9)19-15;10-9(11)8-5-6-3-1-2-4-7(6)12-8;8-3-1-5(13(14)15)6(2-4(3)9)16-7(10,11)12;8-3-1-5(13)6(2-4(3)9)14-7(10,11)12;8-5-2-1-4(3-6(5)9)13-7(10,11)12;8-4-1-3(7(11)12)2-5(6(4)10)15(9,13)14;1-2-4-3-1/h2-10,25-26H,1H3,(H,27,28);2-8H,17H2,1H3;1-5,10-11H;1-2H;1-2H,13H2;1-3H;1-2,10H,(H,11,12);4H,1-3H2. The van der Waals surface area contributed by atoms with Crippen molar-refractivity contribution < 1.29 is 147 Å². The van der Waals surface area contributed by atoms with Crippen molar-refractivity contribution in [2.45, 2.75) is 35.3 Å². The maximum atomic E-state index is 14.9. The summed E-state index contributed by atoms with van der Waals surface area (Å²) in [5.74, 6) is -10.4. The molecule has 0 saturated carbocycles. The third-order valence-electron chi connectivity index (χ3n) is 15.6. The van der Waals surface area contributed by atoms with Gasteiger partial charge in [0.2, 0.25) is 5.75 Å². The molecule has 0 amide bonds. The smallest absolute Gasteiger partial charge is 0.505 e. The molecule has 0 unspecified atom stereocenters. The molecule has 50 heteroatoms. The van der Waals surface area contributed by atoms with Crippen LogP contribution in [0.1, 0.15) is 27.1 Å². The lowest BCUT2D eigenvalue weighted by atomic mass is 9.89. The Kier molecular flexibility index (Phi) is 36.1. The second-order valence-electron chi connectivity index (χ2n) is 24.3. The number of halogens is 20. The van der Waals surface area contributed by atoms with Gasteiger partial charge in [-0.1, -0.05) is 77.8 Å². The first-order chi connectivity index (χ1) is 58.7. The Morgan fingerprint density at radius 3 is 1.34 bits per heavy atom. The zero-order chi connectivity index (χ0) is 94.0. The van der Waals surface area contributed by atoms with Crippen molar-refractivity contribution in [1.82, 2.24) is 5.32 Å². The second-order valence-corrected chi connectivity index (χ2v) is 35.2. The highest BCUT2D eigenvalue weighted by molar-refractivity contribution is 9.11. The van der Waals surface area contributed by atoms with Gasteiger partial charge in [-0.2, -0.15) is 0 Å². The van der Waals surface area contributed by atoms with Crippen LogP contribution in [0.25, 0.3) is 51.1 Å². The highest BCUT2D eigenvalue weighted by atomic mass is 79.9. The first-order valence-corrected chi connectivity index (χ1v) is 43.2. The number of benzene rings is 10. The number of aromatic hydroxyl groups is 2. The van der Waals surface area contributed by atoms with Gasteiger partial charge in [0.05, 0.1) is 70.8 Å². The average Bonchev–Trinajstić information content (AvgIpc) is 1.26. The van der Waals surface area contributed by atoms with E-state index in [9.17, 15) is 113 Å². The fourth-order valence-corrected chi connectivity index (χ4v) is 16.5. The number of nitrogens with two attached hydrogens (primary N) is 2. The number of rotatable bonds is 15. The summed E-state index contributed by atoms with van der Waals surface area (Å²) >= 11 is 23.7. The summed E-state index contributed by atoms with van der Waals surface area (Å²) in [7, 11) is -2.43. The van der Waals surface area contributed by atoms with Crippen LogP contribution in [0.3, 0.4) is 0 Å². The minimum atomic E-state index is -5.12. The molecule has 4 heterocycles. The molecular formula is C76H54BBr3Cl3F14N5O19S5. The van der Waals surface area contributed by atoms with E-state index in [0.29, 0.717) is 44.9 Å². The number of ether oxygens (including phenoxy) is 5. The highest BCUT2D eigenvalue weighted by Gasteiger charge is 2.37. The van der Waals surface area contributed by atoms with Crippen molar-refractivity contribution in [2.75, 3.05) is 43.5 Å². The van der Waals surface area contributed by atoms with Crippen LogP contribution in [-0.2, 0) is 19.1 Å². The van der Waals surface area contributed by atoms with Gasteiger partial charge in [0.15, 0.2) is 17.2 Å². The van der Waals surface area contributed by atoms with E-state index in [1.807, 2.05) is 78.9 Å². The van der Waals surface area contributed by atoms with E-state index in [0.717, 1.165) is 83.7 Å². The van der Waals surface area contributed by atoms with E-state index in [2.05, 4.69) is 72.0 Å². The minimum absolute atomic E-state index is 0.0236. The van der Waals surface area contributed by atoms with Crippen LogP contribution in [0.2, 0.25) is 10.0 Å². The molecule has 12 N–H and O–H groups in total. The molecule has 3 aromatic heterocycles. The van der Waals surface area contributed by atoms with E-state index in [4.69, 9.17) is 70.0 Å². The molecule has 0 spiro atoms. The molecule has 1 saturated heterocycles. The van der Waals surface area contributed by atoms with Crippen molar-refractivity contribution in [3.8, 4) is 61.1 Å². The van der Waals surface area contributed by atoms with Crippen LogP contribution in [0.5, 0.6) is 40.2 Å². The number of fused-ring (bicyclic) bond motifs is 3. The Labute approximate surface area is 753 Å². The number of phenolic OH excluding ortho intramolecular Hbond substituents is 2. The summed E-state index contributed by atoms with van der Waals surface area (Å²) < 4.78 is 247. The van der Waals surface area contributed by atoms with E-state index < -0.39 is 145 Å². The Morgan fingerprint density at radius 2 is 0.921 bits per heavy atom. The summed E-state index contributed by atoms with van der Waals surface area (Å²) in [6, 6.07) is 42.7. The molecule has 126 heavy (non-hydrogen) atoms. The third-order valence-corrected chi connectivity index (χ3v) is 24.2. The van der Waals surface area contributed by atoms with Crippen molar-refractivity contribution in [1.29, 1.82) is 0 Å². The zero-order valence-corrected chi connectivity index (χ0v) is 73.8. The number of nitrogens with zero attached hydrogens (tertiary/aromatic N) is 1. The Hall–Kier alpha value is -10.4. The number of nitrogen functional groups attached to an aromatic ring is 2. The number of phenols is 2. The van der Waals surface area contributed by atoms with Crippen molar-refractivity contribution in [3.05, 3.63) is 256 Å². The first-order valence-electron chi connectivity index (χ1n) is 33.8. The van der Waals surface area contributed by atoms with Crippen LogP contribution in [0.4, 0.5) is 84.2 Å². The maximum absolute atomic E-state index is 14.9. The molecule has 24 nitrogen and oxygen atoms in total. The van der Waals surface area contributed by atoms with Crippen molar-refractivity contribution in [2.24, 2.45) is 0 Å². The number of carbonyl (C=O) groups is 2. The molecule has 1 aliphatic heterocycles. The van der Waals surface area contributed by atoms with Crippen LogP contribution in [0, 0.1) is 39.2 Å². The van der Waals surface area contributed by atoms with Gasteiger partial charge in [-0.25, -0.2) is 48.4 Å². The Bertz CT molecular complexity index is 6290. The number of hydrogen-bond donors (Lipinski definition) is 10. The second kappa shape index (κ2) is 44.4. The summed E-state index contributed by atoms with van der Waals surface area (Å²) in [5, 5.41) is 70.7. The number of hydrogen-bond acceptors (Lipinski definition) is 23. The van der Waals surface area contributed by atoms with E-state index >= 15 is 0 Å². The molecular weight excluding hydrogens is 2070 g/mol. The van der Waals surface area contributed by atoms with E-state index in [1.54, 1.807) is 29.5 Å². The molecule has 10 aromatic carbocycles. The quantitative estimate of drug-likeness (QED) is 0.0114. The SMILES string of the molecule is C1CNC1.COc1cc(F)c(-c2cc3ccccc3s2)cc1N.COc1cc(F)c(-c2cc3ccccc3s2)cc1NS(=O)(=O)c1cc(C(=O)O)cc(Cl)c1O.Fc1cc(OC(F)(F)F)ccc1Br.Nc1cc(Br)c(F)cc1OC(F)(F)F.O=C(O)c1cc(Cl)c(O)c(S(=O)(=O)Cl)c1.O=[N+]([O-])c1cc(Br)c(F)cc1OC(F)(F)F.OB(O)c1cc2ccccc2s1. The molecule has 0 atom stereocenters. The number of thiophene rings is 3. The molecule has 13 aromatic rings. The molecule has 14 rings (SSSR count). The predicted octanol–water partition coefficient (Wildman–Crippen LogP) is 22.1. The number of carboxylic acids is 2. The van der Waals surface area contributed by atoms with Gasteiger partial charge in [0.1, 0.15) is 56.1 Å². The van der Waals surface area contributed by atoms with Gasteiger partial charge in [0, 0.05) is 86.8 Å². The number of aromatic carboxylic acids is 2. The number of nitro groups is 1. The monoisotopic (exact) mass is 2120 g/mol. The molecule has 1 aliphatic rings. The van der Waals surface area contributed by atoms with Gasteiger partial charge in [-0.15, -0.1) is 73.5 Å². The van der Waals surface area contributed by atoms with E-state index in [-0.39, 0.29) is 53.6 Å². The zero-order valence-electron chi connectivity index (χ0n) is 62.7. The summed E-state index contributed by atoms with van der Waals surface area (Å²) in [4.78, 5) is 31.1. The summed E-state index contributed by atoms with van der Waals surface area (Å²) in [6.07, 6.45) is -13.4. The molecule has 0 aliphatic carbocycles. The van der Waals surface area contributed by atoms with Crippen LogP contribution in [-0.4, -0.2) is 118 Å². The van der Waals surface area contributed by atoms with Gasteiger partial charge < -0.3 is 70.9 Å². The number of methoxy groups -OCH3 is 2. The predicted molar refractivity (Wildman–Crippen MR) is 459 cm³/mol. The number of sulfonamides is 1. The molecule has 0 radical (unpaired) electrons. The fourth-order valence-electron chi connectivity index (χ4n) is 9.75. The van der Waals surface area contributed by atoms with Gasteiger partial charge in [0.25, 0.3) is 19.1 Å². The highest BCUT2D eigenvalue weighted by Crippen LogP contribution is 2.44. The molecule has 1 fully saturated rings. The third kappa shape index (κ3) is 29.9. The first kappa shape index (κ1) is 103. The summed E-state index contributed by atoms with van der Waals surface area (Å²) in [5.41, 5.74) is 9.91. The molecule has 670 valence electrons. The van der Waals surface area contributed by atoms with Crippen molar-refractivity contribution in [3.63, 3.8) is 0 Å². The normalized spacial score (nSPS) is 11.7. The Morgan fingerprint density at radius 1 is 0.524 bits per heavy atom. The number of alkyl halides is 9. The van der Waals surface area contributed by atoms with Crippen LogP contribution < -0.4 is 50.0 Å². The van der Waals surface area contributed by atoms with Crippen LogP contribution >= 0.6 is 116 Å². The minimum Gasteiger partial charge on any atom is -0.505 e. The largest absolute Gasteiger partial charge is 0.573 e. The lowest BCUT2D eigenvalue weighted by molar-refractivity contribution is -0.388. The average molecular weight is 2120 g/mol. The lowest BCUT2D eigenvalue weighted by Gasteiger charge is -2.15. The number of nitro benzene ring substituents is 1. The lowest BCUT2D eigenvalue weighted by Crippen LogP contribution is -2.29. The number of carboxylic acid groups (broad SMARTS) is 2. The number of anilines is 3. The van der Waals surface area contributed by atoms with Gasteiger partial charge in [-0.05, 0) is 174 Å². The van der Waals surface area contributed by atoms with Crippen molar-refractivity contribution >= 4 is 212 Å². The number of nitrogens with one attached hydrogen (secondary N) is 2. The summed E-state index contributed by atoms with van der Waals surface area (Å²) in [6.45, 7) is 2.50. The maximum Gasteiger partial charge on any atom is 0.573 e. The topological polar surface area (TPSA) is 389 Å². The van der Waals surface area contributed by atoms with Gasteiger partial charge in [-0.3, -0.25) is 14.8 Å². The molecule has 0 bridgehead atoms. The van der Waals surface area contributed by atoms with Crippen LogP contribution in [0.15, 0.2) is 205 Å². The van der Waals surface area contributed by atoms with Gasteiger partial charge >= 0.3 is 43.8 Å². The van der Waals surface area contributed by atoms with E-state index in [1.165, 1.54) is 68.5 Å². The Balaban J connectivity index is 0.000000206. The fraction of sp³-hybridized carbons (Fsp3) is 0.105.